The van der Waals surface area contributed by atoms with E-state index < -0.39 is 17.8 Å². The van der Waals surface area contributed by atoms with Crippen LogP contribution in [0.3, 0.4) is 0 Å². The van der Waals surface area contributed by atoms with E-state index in [2.05, 4.69) is 5.32 Å². The number of halogens is 1. The molecular formula is C14H20FNO3. The van der Waals surface area contributed by atoms with E-state index in [1.807, 2.05) is 0 Å². The molecule has 0 aromatic heterocycles. The van der Waals surface area contributed by atoms with Gasteiger partial charge in [0.15, 0.2) is 0 Å². The third kappa shape index (κ3) is 6.76. The van der Waals surface area contributed by atoms with E-state index in [9.17, 15) is 14.3 Å². The van der Waals surface area contributed by atoms with Gasteiger partial charge in [-0.15, -0.1) is 0 Å². The number of alkyl carbamates (subject to hydrolysis) is 1. The fourth-order valence-electron chi connectivity index (χ4n) is 1.52. The molecule has 0 heterocycles. The standard InChI is InChI=1S/C14H20FNO3/c1-14(2,3)19-13(18)16-9-12(17)8-10-5-4-6-11(15)7-10/h4-7,12,17H,8-9H2,1-3H3,(H,16,18). The Balaban J connectivity index is 2.36. The lowest BCUT2D eigenvalue weighted by Crippen LogP contribution is -2.37. The normalized spacial score (nSPS) is 12.9. The van der Waals surface area contributed by atoms with Gasteiger partial charge in [0.2, 0.25) is 0 Å². The molecule has 1 rings (SSSR count). The highest BCUT2D eigenvalue weighted by Gasteiger charge is 2.16. The summed E-state index contributed by atoms with van der Waals surface area (Å²) in [5.41, 5.74) is 0.107. The number of nitrogens with one attached hydrogen (secondary N) is 1. The Morgan fingerprint density at radius 2 is 2.16 bits per heavy atom. The first kappa shape index (κ1) is 15.4. The van der Waals surface area contributed by atoms with Crippen molar-refractivity contribution in [2.24, 2.45) is 0 Å². The summed E-state index contributed by atoms with van der Waals surface area (Å²) in [5, 5.41) is 12.2. The molecule has 106 valence electrons. The lowest BCUT2D eigenvalue weighted by atomic mass is 10.1. The number of carbonyl (C=O) groups excluding carboxylic acids is 1. The number of hydrogen-bond acceptors (Lipinski definition) is 3. The van der Waals surface area contributed by atoms with Crippen LogP contribution in [0, 0.1) is 5.82 Å². The Hall–Kier alpha value is -1.62. The first-order valence-electron chi connectivity index (χ1n) is 6.15. The third-order valence-electron chi connectivity index (χ3n) is 2.24. The van der Waals surface area contributed by atoms with Crippen molar-refractivity contribution >= 4 is 6.09 Å². The molecule has 1 unspecified atom stereocenters. The van der Waals surface area contributed by atoms with Crippen molar-refractivity contribution in [2.45, 2.75) is 38.9 Å². The summed E-state index contributed by atoms with van der Waals surface area (Å²) >= 11 is 0. The molecule has 19 heavy (non-hydrogen) atoms. The highest BCUT2D eigenvalue weighted by atomic mass is 19.1. The van der Waals surface area contributed by atoms with Crippen molar-refractivity contribution in [3.63, 3.8) is 0 Å². The van der Waals surface area contributed by atoms with Gasteiger partial charge >= 0.3 is 6.09 Å². The number of aliphatic hydroxyl groups excluding tert-OH is 1. The molecule has 0 radical (unpaired) electrons. The van der Waals surface area contributed by atoms with Crippen LogP contribution in [0.4, 0.5) is 9.18 Å². The third-order valence-corrected chi connectivity index (χ3v) is 2.24. The highest BCUT2D eigenvalue weighted by Crippen LogP contribution is 2.08. The van der Waals surface area contributed by atoms with Crippen molar-refractivity contribution in [1.29, 1.82) is 0 Å². The maximum absolute atomic E-state index is 12.9. The van der Waals surface area contributed by atoms with E-state index >= 15 is 0 Å². The molecule has 1 amide bonds. The molecule has 0 saturated heterocycles. The Kier molecular flexibility index (Phi) is 5.30. The molecule has 0 bridgehead atoms. The molecule has 0 aliphatic rings. The number of hydrogen-bond donors (Lipinski definition) is 2. The second-order valence-electron chi connectivity index (χ2n) is 5.37. The van der Waals surface area contributed by atoms with Gasteiger partial charge in [0.05, 0.1) is 6.10 Å². The first-order valence-corrected chi connectivity index (χ1v) is 6.15. The molecule has 1 aromatic rings. The van der Waals surface area contributed by atoms with Crippen LogP contribution >= 0.6 is 0 Å². The minimum absolute atomic E-state index is 0.0609. The van der Waals surface area contributed by atoms with E-state index in [4.69, 9.17) is 4.74 Å². The smallest absolute Gasteiger partial charge is 0.407 e. The summed E-state index contributed by atoms with van der Waals surface area (Å²) in [7, 11) is 0. The van der Waals surface area contributed by atoms with Crippen LogP contribution in [0.5, 0.6) is 0 Å². The number of aliphatic hydroxyl groups is 1. The molecular weight excluding hydrogens is 249 g/mol. The van der Waals surface area contributed by atoms with E-state index in [0.717, 1.165) is 0 Å². The number of amides is 1. The van der Waals surface area contributed by atoms with Crippen LogP contribution in [-0.4, -0.2) is 29.4 Å². The average Bonchev–Trinajstić information content (AvgIpc) is 2.24. The van der Waals surface area contributed by atoms with Crippen LogP contribution in [0.2, 0.25) is 0 Å². The summed E-state index contributed by atoms with van der Waals surface area (Å²) < 4.78 is 18.0. The summed E-state index contributed by atoms with van der Waals surface area (Å²) in [6, 6.07) is 6.00. The number of rotatable bonds is 4. The molecule has 5 heteroatoms. The Labute approximate surface area is 112 Å². The van der Waals surface area contributed by atoms with Gasteiger partial charge in [0, 0.05) is 13.0 Å². The Morgan fingerprint density at radius 1 is 1.47 bits per heavy atom. The molecule has 0 aliphatic heterocycles. The summed E-state index contributed by atoms with van der Waals surface area (Å²) in [6.07, 6.45) is -1.09. The topological polar surface area (TPSA) is 58.6 Å². The molecule has 0 aliphatic carbocycles. The van der Waals surface area contributed by atoms with Crippen LogP contribution in [0.25, 0.3) is 0 Å². The van der Waals surface area contributed by atoms with Crippen LogP contribution in [-0.2, 0) is 11.2 Å². The van der Waals surface area contributed by atoms with Gasteiger partial charge in [0.25, 0.3) is 0 Å². The van der Waals surface area contributed by atoms with Gasteiger partial charge < -0.3 is 15.2 Å². The molecule has 0 saturated carbocycles. The van der Waals surface area contributed by atoms with Crippen molar-refractivity contribution in [3.8, 4) is 0 Å². The zero-order chi connectivity index (χ0) is 14.5. The SMILES string of the molecule is CC(C)(C)OC(=O)NCC(O)Cc1cccc(F)c1. The van der Waals surface area contributed by atoms with Gasteiger partial charge in [-0.2, -0.15) is 0 Å². The van der Waals surface area contributed by atoms with E-state index in [0.29, 0.717) is 5.56 Å². The minimum atomic E-state index is -0.783. The lowest BCUT2D eigenvalue weighted by Gasteiger charge is -2.20. The number of carbonyl (C=O) groups is 1. The van der Waals surface area contributed by atoms with Crippen LogP contribution in [0.1, 0.15) is 26.3 Å². The predicted octanol–water partition coefficient (Wildman–Crippen LogP) is 2.25. The molecule has 1 aromatic carbocycles. The second-order valence-corrected chi connectivity index (χ2v) is 5.37. The first-order chi connectivity index (χ1) is 8.76. The summed E-state index contributed by atoms with van der Waals surface area (Å²) in [5.74, 6) is -0.343. The van der Waals surface area contributed by atoms with E-state index in [1.165, 1.54) is 12.1 Å². The maximum atomic E-state index is 12.9. The monoisotopic (exact) mass is 269 g/mol. The van der Waals surface area contributed by atoms with E-state index in [-0.39, 0.29) is 18.8 Å². The van der Waals surface area contributed by atoms with E-state index in [1.54, 1.807) is 32.9 Å². The maximum Gasteiger partial charge on any atom is 0.407 e. The van der Waals surface area contributed by atoms with Crippen molar-refractivity contribution in [3.05, 3.63) is 35.6 Å². The second kappa shape index (κ2) is 6.52. The van der Waals surface area contributed by atoms with Gasteiger partial charge in [-0.05, 0) is 38.5 Å². The fraction of sp³-hybridized carbons (Fsp3) is 0.500. The summed E-state index contributed by atoms with van der Waals surface area (Å²) in [6.45, 7) is 5.34. The fourth-order valence-corrected chi connectivity index (χ4v) is 1.52. The van der Waals surface area contributed by atoms with Gasteiger partial charge in [0.1, 0.15) is 11.4 Å². The Morgan fingerprint density at radius 3 is 2.74 bits per heavy atom. The Bertz CT molecular complexity index is 429. The molecule has 1 atom stereocenters. The molecule has 4 nitrogen and oxygen atoms in total. The minimum Gasteiger partial charge on any atom is -0.444 e. The molecule has 0 spiro atoms. The molecule has 2 N–H and O–H groups in total. The van der Waals surface area contributed by atoms with Crippen molar-refractivity contribution in [1.82, 2.24) is 5.32 Å². The van der Waals surface area contributed by atoms with Crippen LogP contribution in [0.15, 0.2) is 24.3 Å². The van der Waals surface area contributed by atoms with Crippen molar-refractivity contribution in [2.75, 3.05) is 6.54 Å². The number of ether oxygens (including phenoxy) is 1. The quantitative estimate of drug-likeness (QED) is 0.881. The van der Waals surface area contributed by atoms with Gasteiger partial charge in [-0.25, -0.2) is 9.18 Å². The average molecular weight is 269 g/mol. The highest BCUT2D eigenvalue weighted by molar-refractivity contribution is 5.67. The summed E-state index contributed by atoms with van der Waals surface area (Å²) in [4.78, 5) is 11.4. The van der Waals surface area contributed by atoms with Crippen molar-refractivity contribution < 1.29 is 19.0 Å². The largest absolute Gasteiger partial charge is 0.444 e. The van der Waals surface area contributed by atoms with Crippen LogP contribution < -0.4 is 5.32 Å². The molecule has 0 fully saturated rings. The zero-order valence-electron chi connectivity index (χ0n) is 11.4. The van der Waals surface area contributed by atoms with Gasteiger partial charge in [-0.3, -0.25) is 0 Å². The van der Waals surface area contributed by atoms with Gasteiger partial charge in [-0.1, -0.05) is 12.1 Å². The lowest BCUT2D eigenvalue weighted by molar-refractivity contribution is 0.0492. The number of benzene rings is 1. The zero-order valence-corrected chi connectivity index (χ0v) is 11.4. The predicted molar refractivity (Wildman–Crippen MR) is 70.3 cm³/mol.